The number of hydrogen-bond donors (Lipinski definition) is 1. The normalized spacial score (nSPS) is 13.1. The summed E-state index contributed by atoms with van der Waals surface area (Å²) in [6, 6.07) is 12.8. The van der Waals surface area contributed by atoms with Gasteiger partial charge in [-0.2, -0.15) is 0 Å². The first-order valence-corrected chi connectivity index (χ1v) is 6.53. The van der Waals surface area contributed by atoms with Crippen LogP contribution in [0.3, 0.4) is 0 Å². The second-order valence-corrected chi connectivity index (χ2v) is 4.66. The minimum atomic E-state index is -1.11. The van der Waals surface area contributed by atoms with Gasteiger partial charge >= 0.3 is 5.97 Å². The Labute approximate surface area is 123 Å². The average Bonchev–Trinajstić information content (AvgIpc) is 2.55. The van der Waals surface area contributed by atoms with E-state index in [0.29, 0.717) is 17.1 Å². The summed E-state index contributed by atoms with van der Waals surface area (Å²) in [6.07, 6.45) is 1.64. The van der Waals surface area contributed by atoms with Gasteiger partial charge in [-0.3, -0.25) is 4.98 Å². The highest BCUT2D eigenvalue weighted by atomic mass is 16.5. The van der Waals surface area contributed by atoms with E-state index in [9.17, 15) is 4.79 Å². The summed E-state index contributed by atoms with van der Waals surface area (Å²) >= 11 is 0. The van der Waals surface area contributed by atoms with Gasteiger partial charge in [-0.25, -0.2) is 4.79 Å². The number of hydrogen-bond acceptors (Lipinski definition) is 5. The van der Waals surface area contributed by atoms with Gasteiger partial charge in [0.2, 0.25) is 0 Å². The second kappa shape index (κ2) is 6.26. The van der Waals surface area contributed by atoms with Gasteiger partial charge in [0.25, 0.3) is 0 Å². The first-order chi connectivity index (χ1) is 10.1. The maximum atomic E-state index is 12.3. The number of nitrogens with one attached hydrogen (secondary N) is 1. The molecule has 110 valence electrons. The fraction of sp³-hybridized carbons (Fsp3) is 0.250. The van der Waals surface area contributed by atoms with Gasteiger partial charge in [0, 0.05) is 6.20 Å². The van der Waals surface area contributed by atoms with Crippen LogP contribution in [0, 0.1) is 0 Å². The number of ether oxygens (including phenoxy) is 2. The molecule has 2 rings (SSSR count). The van der Waals surface area contributed by atoms with Crippen molar-refractivity contribution in [1.82, 2.24) is 4.98 Å². The van der Waals surface area contributed by atoms with Crippen molar-refractivity contribution >= 4 is 11.7 Å². The van der Waals surface area contributed by atoms with Crippen LogP contribution < -0.4 is 10.1 Å². The zero-order chi connectivity index (χ0) is 15.3. The van der Waals surface area contributed by atoms with Crippen molar-refractivity contribution < 1.29 is 14.3 Å². The van der Waals surface area contributed by atoms with Gasteiger partial charge < -0.3 is 14.8 Å². The molecule has 1 N–H and O–H groups in total. The Morgan fingerprint density at radius 1 is 1.14 bits per heavy atom. The van der Waals surface area contributed by atoms with E-state index in [0.717, 1.165) is 0 Å². The fourth-order valence-electron chi connectivity index (χ4n) is 2.10. The molecule has 1 aromatic carbocycles. The molecule has 0 amide bonds. The third-order valence-corrected chi connectivity index (χ3v) is 3.26. The van der Waals surface area contributed by atoms with Gasteiger partial charge in [0.1, 0.15) is 5.75 Å². The Kier molecular flexibility index (Phi) is 4.42. The molecule has 0 aliphatic rings. The Morgan fingerprint density at radius 2 is 1.86 bits per heavy atom. The van der Waals surface area contributed by atoms with E-state index in [1.54, 1.807) is 32.4 Å². The number of carbonyl (C=O) groups is 1. The molecular weight excluding hydrogens is 268 g/mol. The molecule has 5 heteroatoms. The van der Waals surface area contributed by atoms with E-state index in [2.05, 4.69) is 10.3 Å². The number of methoxy groups -OCH3 is 2. The van der Waals surface area contributed by atoms with Crippen molar-refractivity contribution in [3.05, 3.63) is 54.4 Å². The van der Waals surface area contributed by atoms with Crippen LogP contribution in [-0.2, 0) is 15.1 Å². The third-order valence-electron chi connectivity index (χ3n) is 3.26. The lowest BCUT2D eigenvalue weighted by molar-refractivity contribution is -0.145. The molecule has 1 heterocycles. The van der Waals surface area contributed by atoms with Crippen LogP contribution in [0.5, 0.6) is 5.75 Å². The number of aromatic nitrogens is 1. The summed E-state index contributed by atoms with van der Waals surface area (Å²) in [4.78, 5) is 16.5. The molecule has 1 aromatic heterocycles. The van der Waals surface area contributed by atoms with E-state index < -0.39 is 11.5 Å². The first kappa shape index (κ1) is 14.8. The van der Waals surface area contributed by atoms with Crippen molar-refractivity contribution in [3.63, 3.8) is 0 Å². The van der Waals surface area contributed by atoms with Crippen LogP contribution in [0.2, 0.25) is 0 Å². The van der Waals surface area contributed by atoms with Gasteiger partial charge in [0.05, 0.1) is 25.6 Å². The number of pyridine rings is 1. The van der Waals surface area contributed by atoms with E-state index in [1.165, 1.54) is 7.11 Å². The maximum Gasteiger partial charge on any atom is 0.337 e. The Balaban J connectivity index is 2.45. The average molecular weight is 286 g/mol. The van der Waals surface area contributed by atoms with E-state index in [4.69, 9.17) is 9.47 Å². The Bertz CT molecular complexity index is 616. The number of carbonyl (C=O) groups excluding carboxylic acids is 1. The van der Waals surface area contributed by atoms with Crippen LogP contribution in [0.4, 0.5) is 5.69 Å². The van der Waals surface area contributed by atoms with Gasteiger partial charge in [0.15, 0.2) is 5.54 Å². The fourth-order valence-corrected chi connectivity index (χ4v) is 2.10. The zero-order valence-corrected chi connectivity index (χ0v) is 12.3. The predicted molar refractivity (Wildman–Crippen MR) is 80.2 cm³/mol. The smallest absolute Gasteiger partial charge is 0.337 e. The molecule has 0 saturated heterocycles. The van der Waals surface area contributed by atoms with Crippen molar-refractivity contribution in [2.45, 2.75) is 12.5 Å². The minimum Gasteiger partial charge on any atom is -0.495 e. The summed E-state index contributed by atoms with van der Waals surface area (Å²) in [5, 5.41) is 3.18. The minimum absolute atomic E-state index is 0.424. The summed E-state index contributed by atoms with van der Waals surface area (Å²) in [6.45, 7) is 1.73. The molecule has 0 aliphatic carbocycles. The lowest BCUT2D eigenvalue weighted by atomic mass is 9.96. The quantitative estimate of drug-likeness (QED) is 0.856. The SMILES string of the molecule is COC(=O)C(C)(Nc1ccccc1OC)c1ccccn1. The van der Waals surface area contributed by atoms with Crippen molar-refractivity contribution in [2.75, 3.05) is 19.5 Å². The molecule has 0 spiro atoms. The lowest BCUT2D eigenvalue weighted by Gasteiger charge is -2.29. The molecule has 5 nitrogen and oxygen atoms in total. The largest absolute Gasteiger partial charge is 0.495 e. The summed E-state index contributed by atoms with van der Waals surface area (Å²) < 4.78 is 10.2. The van der Waals surface area contributed by atoms with E-state index in [-0.39, 0.29) is 0 Å². The van der Waals surface area contributed by atoms with Crippen LogP contribution in [0.1, 0.15) is 12.6 Å². The van der Waals surface area contributed by atoms with Crippen LogP contribution in [0.15, 0.2) is 48.7 Å². The van der Waals surface area contributed by atoms with Crippen molar-refractivity contribution in [1.29, 1.82) is 0 Å². The van der Waals surface area contributed by atoms with Gasteiger partial charge in [-0.05, 0) is 31.2 Å². The highest BCUT2D eigenvalue weighted by Gasteiger charge is 2.38. The molecule has 0 radical (unpaired) electrons. The zero-order valence-electron chi connectivity index (χ0n) is 12.3. The number of rotatable bonds is 5. The summed E-state index contributed by atoms with van der Waals surface area (Å²) in [5.74, 6) is 0.218. The molecule has 2 aromatic rings. The lowest BCUT2D eigenvalue weighted by Crippen LogP contribution is -2.42. The van der Waals surface area contributed by atoms with E-state index >= 15 is 0 Å². The van der Waals surface area contributed by atoms with E-state index in [1.807, 2.05) is 30.3 Å². The predicted octanol–water partition coefficient (Wildman–Crippen LogP) is 2.59. The third kappa shape index (κ3) is 2.97. The van der Waals surface area contributed by atoms with Crippen LogP contribution in [0.25, 0.3) is 0 Å². The van der Waals surface area contributed by atoms with Crippen LogP contribution >= 0.6 is 0 Å². The molecule has 1 atom stereocenters. The molecule has 0 fully saturated rings. The summed E-state index contributed by atoms with van der Waals surface area (Å²) in [7, 11) is 2.93. The molecule has 1 unspecified atom stereocenters. The number of anilines is 1. The molecule has 0 aliphatic heterocycles. The first-order valence-electron chi connectivity index (χ1n) is 6.53. The molecule has 0 saturated carbocycles. The second-order valence-electron chi connectivity index (χ2n) is 4.66. The monoisotopic (exact) mass is 286 g/mol. The Morgan fingerprint density at radius 3 is 2.48 bits per heavy atom. The highest BCUT2D eigenvalue weighted by Crippen LogP contribution is 2.31. The highest BCUT2D eigenvalue weighted by molar-refractivity contribution is 5.85. The number of nitrogens with zero attached hydrogens (tertiary/aromatic N) is 1. The molecule has 21 heavy (non-hydrogen) atoms. The van der Waals surface area contributed by atoms with Crippen molar-refractivity contribution in [3.8, 4) is 5.75 Å². The number of esters is 1. The summed E-state index contributed by atoms with van der Waals surface area (Å²) in [5.41, 5.74) is 0.159. The topological polar surface area (TPSA) is 60.5 Å². The van der Waals surface area contributed by atoms with Gasteiger partial charge in [-0.15, -0.1) is 0 Å². The van der Waals surface area contributed by atoms with Gasteiger partial charge in [-0.1, -0.05) is 18.2 Å². The Hall–Kier alpha value is -2.56. The van der Waals surface area contributed by atoms with Crippen molar-refractivity contribution in [2.24, 2.45) is 0 Å². The standard InChI is InChI=1S/C16H18N2O3/c1-16(15(19)21-3,14-10-6-7-11-17-14)18-12-8-4-5-9-13(12)20-2/h4-11,18H,1-3H3. The molecule has 0 bridgehead atoms. The number of para-hydroxylation sites is 2. The maximum absolute atomic E-state index is 12.3. The van der Waals surface area contributed by atoms with Crippen LogP contribution in [-0.4, -0.2) is 25.2 Å². The molecular formula is C16H18N2O3. The number of benzene rings is 1.